The molecule has 24 heavy (non-hydrogen) atoms. The van der Waals surface area contributed by atoms with Gasteiger partial charge in [-0.25, -0.2) is 13.6 Å². The molecule has 0 aromatic heterocycles. The van der Waals surface area contributed by atoms with Gasteiger partial charge >= 0.3 is 0 Å². The molecular weight excluding hydrogens is 342 g/mol. The number of hydrogen-bond donors (Lipinski definition) is 1. The van der Waals surface area contributed by atoms with Gasteiger partial charge in [0.2, 0.25) is 10.0 Å². The molecule has 2 rings (SSSR count). The summed E-state index contributed by atoms with van der Waals surface area (Å²) in [6.07, 6.45) is 1.43. The molecule has 0 saturated carbocycles. The third-order valence-electron chi connectivity index (χ3n) is 5.13. The fraction of sp³-hybridized carbons (Fsp3) is 0.647. The van der Waals surface area contributed by atoms with Crippen LogP contribution < -0.4 is 5.14 Å². The van der Waals surface area contributed by atoms with Crippen LogP contribution in [0.1, 0.15) is 44.4 Å². The van der Waals surface area contributed by atoms with E-state index in [4.69, 9.17) is 14.3 Å². The third-order valence-corrected chi connectivity index (χ3v) is 10.6. The maximum Gasteiger partial charge on any atom is 0.238 e. The highest BCUT2D eigenvalue weighted by Crippen LogP contribution is 2.37. The molecule has 1 aromatic carbocycles. The van der Waals surface area contributed by atoms with Crippen LogP contribution in [0, 0.1) is 0 Å². The predicted molar refractivity (Wildman–Crippen MR) is 98.0 cm³/mol. The first kappa shape index (κ1) is 19.6. The number of primary sulfonamides is 1. The van der Waals surface area contributed by atoms with E-state index in [2.05, 4.69) is 33.9 Å². The molecule has 0 fully saturated rings. The largest absolute Gasteiger partial charge is 0.417 e. The zero-order valence-corrected chi connectivity index (χ0v) is 17.1. The molecule has 2 N–H and O–H groups in total. The Morgan fingerprint density at radius 2 is 2.00 bits per heavy atom. The third kappa shape index (κ3) is 4.46. The van der Waals surface area contributed by atoms with Crippen LogP contribution in [0.5, 0.6) is 0 Å². The first-order valence-corrected chi connectivity index (χ1v) is 12.8. The molecule has 0 bridgehead atoms. The summed E-state index contributed by atoms with van der Waals surface area (Å²) in [4.78, 5) is 0.166. The summed E-state index contributed by atoms with van der Waals surface area (Å²) in [7, 11) is -5.43. The van der Waals surface area contributed by atoms with E-state index in [-0.39, 0.29) is 16.0 Å². The van der Waals surface area contributed by atoms with Crippen molar-refractivity contribution in [3.05, 3.63) is 29.3 Å². The van der Waals surface area contributed by atoms with Crippen molar-refractivity contribution in [2.24, 2.45) is 5.14 Å². The zero-order chi connectivity index (χ0) is 18.2. The zero-order valence-electron chi connectivity index (χ0n) is 15.3. The molecule has 1 aliphatic rings. The summed E-state index contributed by atoms with van der Waals surface area (Å²) in [6, 6.07) is 5.06. The molecule has 0 saturated heterocycles. The van der Waals surface area contributed by atoms with Gasteiger partial charge in [0, 0.05) is 6.61 Å². The average molecular weight is 372 g/mol. The van der Waals surface area contributed by atoms with Gasteiger partial charge < -0.3 is 9.16 Å². The van der Waals surface area contributed by atoms with Crippen LogP contribution in [-0.4, -0.2) is 29.9 Å². The standard InChI is InChI=1S/C17H29NO4SSi/c1-17(2,3)24(4,5)22-11-9-16-15-7-6-14(23(18,19)20)12-13(15)8-10-21-16/h6-7,12,16H,8-11H2,1-5H3,(H2,18,19,20)/t16-/m0/s1. The van der Waals surface area contributed by atoms with Crippen LogP contribution in [0.15, 0.2) is 23.1 Å². The number of benzene rings is 1. The molecule has 1 atom stereocenters. The van der Waals surface area contributed by atoms with Crippen molar-refractivity contribution in [2.75, 3.05) is 13.2 Å². The summed E-state index contributed by atoms with van der Waals surface area (Å²) in [6.45, 7) is 12.4. The molecule has 136 valence electrons. The Morgan fingerprint density at radius 1 is 1.33 bits per heavy atom. The van der Waals surface area contributed by atoms with Crippen molar-refractivity contribution in [3.63, 3.8) is 0 Å². The van der Waals surface area contributed by atoms with Gasteiger partial charge in [0.25, 0.3) is 0 Å². The van der Waals surface area contributed by atoms with E-state index >= 15 is 0 Å². The minimum absolute atomic E-state index is 0.0481. The lowest BCUT2D eigenvalue weighted by molar-refractivity contribution is 0.0264. The van der Waals surface area contributed by atoms with E-state index in [9.17, 15) is 8.42 Å². The molecule has 0 spiro atoms. The summed E-state index contributed by atoms with van der Waals surface area (Å²) < 4.78 is 35.1. The fourth-order valence-corrected chi connectivity index (χ4v) is 4.19. The minimum Gasteiger partial charge on any atom is -0.417 e. The molecule has 1 heterocycles. The Bertz CT molecular complexity index is 695. The van der Waals surface area contributed by atoms with Crippen LogP contribution in [0.25, 0.3) is 0 Å². The van der Waals surface area contributed by atoms with Crippen molar-refractivity contribution in [2.45, 2.75) is 62.7 Å². The lowest BCUT2D eigenvalue weighted by atomic mass is 9.96. The molecule has 0 amide bonds. The van der Waals surface area contributed by atoms with Crippen molar-refractivity contribution < 1.29 is 17.6 Å². The van der Waals surface area contributed by atoms with E-state index in [1.807, 2.05) is 6.07 Å². The SMILES string of the molecule is CC(C)(C)[Si](C)(C)OCC[C@@H]1OCCc2cc(S(N)(=O)=O)ccc21. The Balaban J connectivity index is 2.08. The van der Waals surface area contributed by atoms with Crippen LogP contribution in [-0.2, 0) is 25.6 Å². The molecular formula is C17H29NO4SSi. The summed E-state index contributed by atoms with van der Waals surface area (Å²) >= 11 is 0. The highest BCUT2D eigenvalue weighted by molar-refractivity contribution is 7.89. The van der Waals surface area contributed by atoms with Gasteiger partial charge in [0.05, 0.1) is 17.6 Å². The number of rotatable bonds is 5. The van der Waals surface area contributed by atoms with Gasteiger partial charge in [-0.05, 0) is 54.2 Å². The highest BCUT2D eigenvalue weighted by atomic mass is 32.2. The van der Waals surface area contributed by atoms with Crippen LogP contribution in [0.2, 0.25) is 18.1 Å². The van der Waals surface area contributed by atoms with Crippen LogP contribution in [0.3, 0.4) is 0 Å². The van der Waals surface area contributed by atoms with Gasteiger partial charge in [-0.3, -0.25) is 0 Å². The molecule has 0 unspecified atom stereocenters. The predicted octanol–water partition coefficient (Wildman–Crippen LogP) is 3.36. The van der Waals surface area contributed by atoms with Crippen molar-refractivity contribution in [3.8, 4) is 0 Å². The van der Waals surface area contributed by atoms with Gasteiger partial charge in [-0.15, -0.1) is 0 Å². The lowest BCUT2D eigenvalue weighted by Crippen LogP contribution is -2.41. The van der Waals surface area contributed by atoms with Gasteiger partial charge in [-0.1, -0.05) is 26.8 Å². The van der Waals surface area contributed by atoms with E-state index in [1.165, 1.54) is 0 Å². The Labute approximate surface area is 146 Å². The summed E-state index contributed by atoms with van der Waals surface area (Å²) in [5, 5.41) is 5.40. The number of sulfonamides is 1. The van der Waals surface area contributed by atoms with Gasteiger partial charge in [0.15, 0.2) is 8.32 Å². The number of fused-ring (bicyclic) bond motifs is 1. The minimum atomic E-state index is -3.67. The molecule has 1 aromatic rings. The first-order valence-electron chi connectivity index (χ1n) is 8.33. The maximum atomic E-state index is 11.5. The van der Waals surface area contributed by atoms with E-state index in [1.54, 1.807) is 12.1 Å². The highest BCUT2D eigenvalue weighted by Gasteiger charge is 2.37. The van der Waals surface area contributed by atoms with Crippen LogP contribution >= 0.6 is 0 Å². The Kier molecular flexibility index (Phi) is 5.61. The van der Waals surface area contributed by atoms with Crippen molar-refractivity contribution in [1.82, 2.24) is 0 Å². The number of hydrogen-bond acceptors (Lipinski definition) is 4. The normalized spacial score (nSPS) is 19.2. The smallest absolute Gasteiger partial charge is 0.238 e. The average Bonchev–Trinajstić information content (AvgIpc) is 2.44. The van der Waals surface area contributed by atoms with E-state index in [0.29, 0.717) is 19.6 Å². The molecule has 5 nitrogen and oxygen atoms in total. The van der Waals surface area contributed by atoms with Crippen LogP contribution in [0.4, 0.5) is 0 Å². The van der Waals surface area contributed by atoms with Crippen molar-refractivity contribution >= 4 is 18.3 Å². The summed E-state index contributed by atoms with van der Waals surface area (Å²) in [5.74, 6) is 0. The lowest BCUT2D eigenvalue weighted by Gasteiger charge is -2.37. The van der Waals surface area contributed by atoms with E-state index in [0.717, 1.165) is 17.5 Å². The molecule has 7 heteroatoms. The second-order valence-corrected chi connectivity index (χ2v) is 14.3. The summed E-state index contributed by atoms with van der Waals surface area (Å²) in [5.41, 5.74) is 2.05. The molecule has 0 aliphatic carbocycles. The maximum absolute atomic E-state index is 11.5. The molecule has 0 radical (unpaired) electrons. The fourth-order valence-electron chi connectivity index (χ4n) is 2.57. The second-order valence-electron chi connectivity index (χ2n) is 7.91. The number of ether oxygens (including phenoxy) is 1. The van der Waals surface area contributed by atoms with Gasteiger partial charge in [0.1, 0.15) is 0 Å². The second kappa shape index (κ2) is 6.88. The van der Waals surface area contributed by atoms with Crippen molar-refractivity contribution in [1.29, 1.82) is 0 Å². The first-order chi connectivity index (χ1) is 10.9. The topological polar surface area (TPSA) is 78.6 Å². The Morgan fingerprint density at radius 3 is 2.58 bits per heavy atom. The monoisotopic (exact) mass is 371 g/mol. The number of nitrogens with two attached hydrogens (primary N) is 1. The molecule has 1 aliphatic heterocycles. The Hall–Kier alpha value is -0.733. The van der Waals surface area contributed by atoms with Gasteiger partial charge in [-0.2, -0.15) is 0 Å². The van der Waals surface area contributed by atoms with E-state index < -0.39 is 18.3 Å². The quantitative estimate of drug-likeness (QED) is 0.805.